The van der Waals surface area contributed by atoms with Crippen molar-refractivity contribution in [1.82, 2.24) is 10.6 Å². The van der Waals surface area contributed by atoms with Gasteiger partial charge in [-0.15, -0.1) is 0 Å². The van der Waals surface area contributed by atoms with Crippen LogP contribution in [0.4, 0.5) is 0 Å². The number of nitrogens with one attached hydrogen (secondary N) is 2. The molecule has 0 radical (unpaired) electrons. The lowest BCUT2D eigenvalue weighted by Crippen LogP contribution is -2.51. The summed E-state index contributed by atoms with van der Waals surface area (Å²) < 4.78 is 5.64. The van der Waals surface area contributed by atoms with Crippen LogP contribution in [0, 0.1) is 5.41 Å². The molecule has 15 heavy (non-hydrogen) atoms. The second kappa shape index (κ2) is 4.04. The molecule has 3 heteroatoms. The number of ether oxygens (including phenoxy) is 1. The van der Waals surface area contributed by atoms with Crippen molar-refractivity contribution >= 4 is 0 Å². The summed E-state index contributed by atoms with van der Waals surface area (Å²) in [6, 6.07) is 0. The molecular weight excluding hydrogens is 188 g/mol. The Hall–Kier alpha value is -0.120. The Morgan fingerprint density at radius 2 is 2.20 bits per heavy atom. The van der Waals surface area contributed by atoms with Crippen molar-refractivity contribution in [3.8, 4) is 0 Å². The Balaban J connectivity index is 1.86. The fourth-order valence-corrected chi connectivity index (χ4v) is 2.50. The van der Waals surface area contributed by atoms with Crippen LogP contribution in [0.15, 0.2) is 0 Å². The zero-order valence-electron chi connectivity index (χ0n) is 10.2. The molecule has 3 atom stereocenters. The molecule has 88 valence electrons. The Morgan fingerprint density at radius 1 is 1.40 bits per heavy atom. The number of rotatable bonds is 3. The van der Waals surface area contributed by atoms with Crippen LogP contribution in [0.1, 0.15) is 33.6 Å². The highest BCUT2D eigenvalue weighted by Crippen LogP contribution is 2.29. The highest BCUT2D eigenvalue weighted by molar-refractivity contribution is 4.96. The molecule has 2 aliphatic heterocycles. The van der Waals surface area contributed by atoms with Gasteiger partial charge in [-0.2, -0.15) is 0 Å². The van der Waals surface area contributed by atoms with E-state index in [2.05, 4.69) is 31.4 Å². The summed E-state index contributed by atoms with van der Waals surface area (Å²) in [5.41, 5.74) is 0.622. The summed E-state index contributed by atoms with van der Waals surface area (Å²) in [6.45, 7) is 11.1. The van der Waals surface area contributed by atoms with Crippen LogP contribution >= 0.6 is 0 Å². The van der Waals surface area contributed by atoms with Gasteiger partial charge in [-0.25, -0.2) is 0 Å². The van der Waals surface area contributed by atoms with Crippen molar-refractivity contribution in [2.75, 3.05) is 26.2 Å². The first-order valence-corrected chi connectivity index (χ1v) is 6.12. The standard InChI is InChI=1S/C12H24N2O/c1-10-12(3,5-7-15-10)14-9-11(2)4-6-13-8-11/h10,13-14H,4-9H2,1-3H3. The van der Waals surface area contributed by atoms with Crippen molar-refractivity contribution in [2.45, 2.75) is 45.3 Å². The van der Waals surface area contributed by atoms with E-state index in [9.17, 15) is 0 Å². The van der Waals surface area contributed by atoms with Gasteiger partial charge in [-0.3, -0.25) is 0 Å². The normalized spacial score (nSPS) is 46.2. The highest BCUT2D eigenvalue weighted by Gasteiger charge is 2.39. The van der Waals surface area contributed by atoms with Crippen LogP contribution in [0.3, 0.4) is 0 Å². The van der Waals surface area contributed by atoms with Gasteiger partial charge in [0.2, 0.25) is 0 Å². The molecule has 2 aliphatic rings. The molecule has 0 spiro atoms. The molecule has 2 fully saturated rings. The molecule has 0 saturated carbocycles. The quantitative estimate of drug-likeness (QED) is 0.736. The SMILES string of the molecule is CC1OCCC1(C)NCC1(C)CCNC1. The van der Waals surface area contributed by atoms with Crippen molar-refractivity contribution < 1.29 is 4.74 Å². The van der Waals surface area contributed by atoms with Gasteiger partial charge in [0, 0.05) is 25.2 Å². The first-order valence-electron chi connectivity index (χ1n) is 6.12. The van der Waals surface area contributed by atoms with E-state index in [-0.39, 0.29) is 5.54 Å². The van der Waals surface area contributed by atoms with Gasteiger partial charge in [-0.1, -0.05) is 6.92 Å². The maximum absolute atomic E-state index is 5.64. The van der Waals surface area contributed by atoms with Crippen molar-refractivity contribution in [3.63, 3.8) is 0 Å². The molecule has 0 aromatic rings. The van der Waals surface area contributed by atoms with E-state index in [1.807, 2.05) is 0 Å². The van der Waals surface area contributed by atoms with Crippen LogP contribution < -0.4 is 10.6 Å². The van der Waals surface area contributed by atoms with E-state index in [1.165, 1.54) is 13.0 Å². The van der Waals surface area contributed by atoms with Gasteiger partial charge in [0.1, 0.15) is 0 Å². The predicted octanol–water partition coefficient (Wildman–Crippen LogP) is 1.14. The molecule has 2 rings (SSSR count). The minimum Gasteiger partial charge on any atom is -0.377 e. The molecule has 2 heterocycles. The van der Waals surface area contributed by atoms with Crippen molar-refractivity contribution in [1.29, 1.82) is 0 Å². The van der Waals surface area contributed by atoms with Crippen LogP contribution in [0.2, 0.25) is 0 Å². The maximum Gasteiger partial charge on any atom is 0.0726 e. The largest absolute Gasteiger partial charge is 0.377 e. The fourth-order valence-electron chi connectivity index (χ4n) is 2.50. The summed E-state index contributed by atoms with van der Waals surface area (Å²) in [6.07, 6.45) is 2.76. The lowest BCUT2D eigenvalue weighted by atomic mass is 9.87. The molecule has 2 N–H and O–H groups in total. The van der Waals surface area contributed by atoms with E-state index in [1.54, 1.807) is 0 Å². The molecule has 0 aromatic carbocycles. The van der Waals surface area contributed by atoms with Gasteiger partial charge in [0.05, 0.1) is 6.10 Å². The predicted molar refractivity (Wildman–Crippen MR) is 62.0 cm³/mol. The van der Waals surface area contributed by atoms with E-state index >= 15 is 0 Å². The van der Waals surface area contributed by atoms with E-state index in [0.29, 0.717) is 11.5 Å². The molecule has 3 unspecified atom stereocenters. The van der Waals surface area contributed by atoms with Gasteiger partial charge < -0.3 is 15.4 Å². The molecule has 3 nitrogen and oxygen atoms in total. The minimum atomic E-state index is 0.186. The van der Waals surface area contributed by atoms with Crippen molar-refractivity contribution in [2.24, 2.45) is 5.41 Å². The van der Waals surface area contributed by atoms with Gasteiger partial charge in [0.25, 0.3) is 0 Å². The average Bonchev–Trinajstić information content (AvgIpc) is 2.75. The summed E-state index contributed by atoms with van der Waals surface area (Å²) in [5, 5.41) is 7.17. The molecule has 0 aliphatic carbocycles. The Labute approximate surface area is 93.0 Å². The molecule has 0 amide bonds. The Bertz CT molecular complexity index is 226. The van der Waals surface area contributed by atoms with E-state index in [0.717, 1.165) is 26.1 Å². The third kappa shape index (κ3) is 2.35. The summed E-state index contributed by atoms with van der Waals surface area (Å²) in [5.74, 6) is 0. The first-order chi connectivity index (χ1) is 7.04. The third-order valence-corrected chi connectivity index (χ3v) is 4.26. The second-order valence-electron chi connectivity index (χ2n) is 5.77. The summed E-state index contributed by atoms with van der Waals surface area (Å²) >= 11 is 0. The van der Waals surface area contributed by atoms with Gasteiger partial charge in [0.15, 0.2) is 0 Å². The maximum atomic E-state index is 5.64. The lowest BCUT2D eigenvalue weighted by Gasteiger charge is -2.34. The van der Waals surface area contributed by atoms with Crippen LogP contribution in [0.5, 0.6) is 0 Å². The smallest absolute Gasteiger partial charge is 0.0726 e. The molecular formula is C12H24N2O. The lowest BCUT2D eigenvalue weighted by molar-refractivity contribution is 0.0845. The molecule has 0 bridgehead atoms. The fraction of sp³-hybridized carbons (Fsp3) is 1.00. The monoisotopic (exact) mass is 212 g/mol. The topological polar surface area (TPSA) is 33.3 Å². The van der Waals surface area contributed by atoms with Gasteiger partial charge in [-0.05, 0) is 38.6 Å². The van der Waals surface area contributed by atoms with Crippen LogP contribution in [0.25, 0.3) is 0 Å². The Kier molecular flexibility index (Phi) is 3.06. The minimum absolute atomic E-state index is 0.186. The van der Waals surface area contributed by atoms with Crippen LogP contribution in [-0.4, -0.2) is 37.9 Å². The average molecular weight is 212 g/mol. The first kappa shape index (κ1) is 11.4. The van der Waals surface area contributed by atoms with E-state index < -0.39 is 0 Å². The molecule has 0 aromatic heterocycles. The van der Waals surface area contributed by atoms with E-state index in [4.69, 9.17) is 4.74 Å². The number of hydrogen-bond acceptors (Lipinski definition) is 3. The summed E-state index contributed by atoms with van der Waals surface area (Å²) in [4.78, 5) is 0. The number of hydrogen-bond donors (Lipinski definition) is 2. The Morgan fingerprint density at radius 3 is 2.73 bits per heavy atom. The van der Waals surface area contributed by atoms with Crippen molar-refractivity contribution in [3.05, 3.63) is 0 Å². The second-order valence-corrected chi connectivity index (χ2v) is 5.77. The van der Waals surface area contributed by atoms with Gasteiger partial charge >= 0.3 is 0 Å². The zero-order chi connectivity index (χ0) is 10.9. The zero-order valence-corrected chi connectivity index (χ0v) is 10.2. The highest BCUT2D eigenvalue weighted by atomic mass is 16.5. The summed E-state index contributed by atoms with van der Waals surface area (Å²) in [7, 11) is 0. The third-order valence-electron chi connectivity index (χ3n) is 4.26. The van der Waals surface area contributed by atoms with Crippen LogP contribution in [-0.2, 0) is 4.74 Å². The molecule has 2 saturated heterocycles.